The summed E-state index contributed by atoms with van der Waals surface area (Å²) < 4.78 is 0. The van der Waals surface area contributed by atoms with Gasteiger partial charge < -0.3 is 0 Å². The van der Waals surface area contributed by atoms with Crippen LogP contribution in [0.4, 0.5) is 0 Å². The van der Waals surface area contributed by atoms with Crippen molar-refractivity contribution in [1.82, 2.24) is 0 Å². The largest absolute Gasteiger partial charge is 0.0918 e. The predicted octanol–water partition coefficient (Wildman–Crippen LogP) is 4.28. The van der Waals surface area contributed by atoms with Gasteiger partial charge in [0.2, 0.25) is 0 Å². The Morgan fingerprint density at radius 2 is 1.47 bits per heavy atom. The van der Waals surface area contributed by atoms with Crippen molar-refractivity contribution in [2.75, 3.05) is 0 Å². The summed E-state index contributed by atoms with van der Waals surface area (Å²) in [5, 5.41) is 0. The molecule has 15 heavy (non-hydrogen) atoms. The van der Waals surface area contributed by atoms with Crippen molar-refractivity contribution >= 4 is 7.92 Å². The predicted molar refractivity (Wildman–Crippen MR) is 69.2 cm³/mol. The first-order valence-electron chi connectivity index (χ1n) is 6.11. The lowest BCUT2D eigenvalue weighted by Crippen LogP contribution is -2.39. The fourth-order valence-corrected chi connectivity index (χ4v) is 6.26. The van der Waals surface area contributed by atoms with E-state index >= 15 is 0 Å². The van der Waals surface area contributed by atoms with Gasteiger partial charge in [-0.1, -0.05) is 35.6 Å². The quantitative estimate of drug-likeness (QED) is 0.624. The van der Waals surface area contributed by atoms with E-state index in [1.54, 1.807) is 5.66 Å². The van der Waals surface area contributed by atoms with E-state index in [1.165, 1.54) is 6.42 Å². The number of hydrogen-bond donors (Lipinski definition) is 0. The summed E-state index contributed by atoms with van der Waals surface area (Å²) in [6, 6.07) is 0. The van der Waals surface area contributed by atoms with Crippen molar-refractivity contribution in [3.05, 3.63) is 31.3 Å². The lowest BCUT2D eigenvalue weighted by atomic mass is 9.98. The minimum absolute atomic E-state index is 0.138. The van der Waals surface area contributed by atoms with Crippen molar-refractivity contribution in [2.24, 2.45) is 11.8 Å². The van der Waals surface area contributed by atoms with Crippen LogP contribution < -0.4 is 0 Å². The second kappa shape index (κ2) is 4.74. The lowest BCUT2D eigenvalue weighted by molar-refractivity contribution is 0.445. The maximum absolute atomic E-state index is 2.39. The molecule has 1 saturated carbocycles. The molecule has 0 spiro atoms. The van der Waals surface area contributed by atoms with Gasteiger partial charge >= 0.3 is 0 Å². The van der Waals surface area contributed by atoms with E-state index in [1.807, 2.05) is 0 Å². The lowest BCUT2D eigenvalue weighted by Gasteiger charge is -2.52. The molecule has 2 unspecified atom stereocenters. The van der Waals surface area contributed by atoms with Gasteiger partial charge in [0.25, 0.3) is 0 Å². The molecule has 1 saturated heterocycles. The fourth-order valence-electron chi connectivity index (χ4n) is 2.69. The summed E-state index contributed by atoms with van der Waals surface area (Å²) in [7, 11) is 0.138. The molecule has 2 fully saturated rings. The fraction of sp³-hybridized carbons (Fsp3) is 0.643. The highest BCUT2D eigenvalue weighted by Crippen LogP contribution is 2.72. The Bertz CT molecular complexity index is 187. The minimum Gasteiger partial charge on any atom is -0.0918 e. The zero-order valence-electron chi connectivity index (χ0n) is 10.3. The van der Waals surface area contributed by atoms with Crippen molar-refractivity contribution < 1.29 is 0 Å². The van der Waals surface area contributed by atoms with Crippen LogP contribution in [0.1, 0.15) is 34.1 Å². The van der Waals surface area contributed by atoms with E-state index in [0.717, 1.165) is 23.2 Å². The first-order valence-corrected chi connectivity index (χ1v) is 7.59. The van der Waals surface area contributed by atoms with Crippen LogP contribution in [0.15, 0.2) is 0 Å². The highest BCUT2D eigenvalue weighted by molar-refractivity contribution is 7.64. The van der Waals surface area contributed by atoms with Crippen LogP contribution in [0.25, 0.3) is 0 Å². The van der Waals surface area contributed by atoms with E-state index in [4.69, 9.17) is 0 Å². The second-order valence-corrected chi connectivity index (χ2v) is 8.07. The van der Waals surface area contributed by atoms with Gasteiger partial charge in [-0.3, -0.25) is 0 Å². The summed E-state index contributed by atoms with van der Waals surface area (Å²) in [5.74, 6) is 1.72. The van der Waals surface area contributed by atoms with E-state index in [9.17, 15) is 0 Å². The minimum atomic E-state index is 0.138. The maximum Gasteiger partial charge on any atom is 0.00805 e. The van der Waals surface area contributed by atoms with Gasteiger partial charge in [-0.2, -0.15) is 0 Å². The molecule has 5 radical (unpaired) electrons. The first kappa shape index (κ1) is 11.9. The SMILES string of the molecule is CC(C)C1C[C@@H](C(C)C)P1[C]1[CH][CH][CH][CH]1. The Morgan fingerprint density at radius 1 is 1.00 bits per heavy atom. The summed E-state index contributed by atoms with van der Waals surface area (Å²) in [5.41, 5.74) is 3.61. The molecule has 1 heterocycles. The van der Waals surface area contributed by atoms with Gasteiger partial charge in [0.05, 0.1) is 0 Å². The van der Waals surface area contributed by atoms with Gasteiger partial charge in [0.1, 0.15) is 0 Å². The topological polar surface area (TPSA) is 0 Å². The maximum atomic E-state index is 2.39. The van der Waals surface area contributed by atoms with Crippen LogP contribution >= 0.6 is 7.92 Å². The van der Waals surface area contributed by atoms with Crippen LogP contribution in [0.5, 0.6) is 0 Å². The molecule has 0 N–H and O–H groups in total. The summed E-state index contributed by atoms with van der Waals surface area (Å²) in [4.78, 5) is 0. The van der Waals surface area contributed by atoms with Crippen molar-refractivity contribution in [3.8, 4) is 0 Å². The molecule has 1 aliphatic carbocycles. The Hall–Kier alpha value is 0.430. The Balaban J connectivity index is 2.01. The smallest absolute Gasteiger partial charge is 0.00805 e. The van der Waals surface area contributed by atoms with Crippen molar-refractivity contribution in [2.45, 2.75) is 45.4 Å². The van der Waals surface area contributed by atoms with Crippen LogP contribution in [0.2, 0.25) is 0 Å². The average Bonchev–Trinajstić information content (AvgIpc) is 2.53. The third kappa shape index (κ3) is 2.26. The van der Waals surface area contributed by atoms with Gasteiger partial charge in [0.15, 0.2) is 0 Å². The molecule has 2 aliphatic rings. The van der Waals surface area contributed by atoms with E-state index in [-0.39, 0.29) is 7.92 Å². The Morgan fingerprint density at radius 3 is 1.87 bits per heavy atom. The molecule has 0 nitrogen and oxygen atoms in total. The summed E-state index contributed by atoms with van der Waals surface area (Å²) >= 11 is 0. The van der Waals surface area contributed by atoms with Crippen LogP contribution in [0.3, 0.4) is 0 Å². The van der Waals surface area contributed by atoms with Crippen LogP contribution in [0, 0.1) is 43.2 Å². The van der Waals surface area contributed by atoms with Crippen molar-refractivity contribution in [3.63, 3.8) is 0 Å². The first-order chi connectivity index (χ1) is 7.11. The van der Waals surface area contributed by atoms with E-state index in [0.29, 0.717) is 0 Å². The Kier molecular flexibility index (Phi) is 3.76. The molecule has 0 aromatic rings. The third-order valence-corrected chi connectivity index (χ3v) is 7.62. The Labute approximate surface area is 97.0 Å². The zero-order chi connectivity index (χ0) is 11.0. The highest BCUT2D eigenvalue weighted by Gasteiger charge is 2.47. The molecular formula is C14H22P. The van der Waals surface area contributed by atoms with Crippen LogP contribution in [-0.2, 0) is 0 Å². The third-order valence-electron chi connectivity index (χ3n) is 3.68. The monoisotopic (exact) mass is 221 g/mol. The van der Waals surface area contributed by atoms with Gasteiger partial charge in [-0.15, -0.1) is 0 Å². The normalized spacial score (nSPS) is 37.6. The highest BCUT2D eigenvalue weighted by atomic mass is 31.1. The second-order valence-electron chi connectivity index (χ2n) is 5.41. The molecular weight excluding hydrogens is 199 g/mol. The average molecular weight is 221 g/mol. The number of rotatable bonds is 3. The number of hydrogen-bond acceptors (Lipinski definition) is 0. The van der Waals surface area contributed by atoms with Crippen molar-refractivity contribution in [1.29, 1.82) is 0 Å². The summed E-state index contributed by atoms with van der Waals surface area (Å²) in [6.45, 7) is 9.55. The molecule has 1 aliphatic heterocycles. The summed E-state index contributed by atoms with van der Waals surface area (Å²) in [6.07, 6.45) is 10.5. The molecule has 0 amide bonds. The van der Waals surface area contributed by atoms with Gasteiger partial charge in [-0.05, 0) is 55.3 Å². The molecule has 3 atom stereocenters. The van der Waals surface area contributed by atoms with E-state index in [2.05, 4.69) is 53.4 Å². The van der Waals surface area contributed by atoms with Gasteiger partial charge in [0, 0.05) is 5.66 Å². The molecule has 83 valence electrons. The van der Waals surface area contributed by atoms with Crippen LogP contribution in [-0.4, -0.2) is 11.3 Å². The molecule has 0 aromatic carbocycles. The molecule has 0 bridgehead atoms. The van der Waals surface area contributed by atoms with E-state index < -0.39 is 0 Å². The standard InChI is InChI=1S/C14H22P/c1-10(2)13-9-14(11(3)4)15(13)12-7-5-6-8-12/h5-8,10-11,13-14H,9H2,1-4H3/t13-,14?,15?/m0/s1. The molecule has 2 rings (SSSR count). The van der Waals surface area contributed by atoms with Gasteiger partial charge in [-0.25, -0.2) is 0 Å². The zero-order valence-corrected chi connectivity index (χ0v) is 11.2. The molecule has 1 heteroatoms. The molecule has 0 aromatic heterocycles.